The van der Waals surface area contributed by atoms with Crippen LogP contribution >= 0.6 is 12.2 Å². The summed E-state index contributed by atoms with van der Waals surface area (Å²) in [5.41, 5.74) is 6.81. The molecule has 0 saturated heterocycles. The second-order valence-corrected chi connectivity index (χ2v) is 6.36. The van der Waals surface area contributed by atoms with Crippen LogP contribution in [0.4, 0.5) is 0 Å². The summed E-state index contributed by atoms with van der Waals surface area (Å²) in [6, 6.07) is 2.90. The number of aryl methyl sites for hydroxylation is 1. The Bertz CT molecular complexity index is 759. The molecule has 0 atom stereocenters. The van der Waals surface area contributed by atoms with Crippen molar-refractivity contribution < 1.29 is 8.42 Å². The zero-order valence-corrected chi connectivity index (χ0v) is 12.8. The number of nitrogens with one attached hydrogen (secondary N) is 1. The Morgan fingerprint density at radius 3 is 2.71 bits per heavy atom. The summed E-state index contributed by atoms with van der Waals surface area (Å²) < 4.78 is 27.0. The van der Waals surface area contributed by atoms with Gasteiger partial charge in [0.25, 0.3) is 0 Å². The van der Waals surface area contributed by atoms with E-state index in [9.17, 15) is 8.42 Å². The Hall–Kier alpha value is -1.97. The minimum Gasteiger partial charge on any atom is -0.388 e. The Morgan fingerprint density at radius 1 is 1.33 bits per heavy atom. The van der Waals surface area contributed by atoms with Crippen molar-refractivity contribution in [3.63, 3.8) is 0 Å². The largest absolute Gasteiger partial charge is 0.388 e. The number of hydrogen-bond acceptors (Lipinski definition) is 6. The van der Waals surface area contributed by atoms with Gasteiger partial charge in [0.15, 0.2) is 0 Å². The molecule has 0 spiro atoms. The van der Waals surface area contributed by atoms with Gasteiger partial charge >= 0.3 is 0 Å². The fraction of sp³-hybridized carbons (Fsp3) is 0.167. The van der Waals surface area contributed by atoms with Crippen molar-refractivity contribution in [2.24, 2.45) is 5.73 Å². The van der Waals surface area contributed by atoms with Gasteiger partial charge in [-0.1, -0.05) is 12.2 Å². The van der Waals surface area contributed by atoms with Crippen molar-refractivity contribution >= 4 is 27.2 Å². The summed E-state index contributed by atoms with van der Waals surface area (Å²) >= 11 is 4.81. The molecule has 7 nitrogen and oxygen atoms in total. The highest BCUT2D eigenvalue weighted by molar-refractivity contribution is 7.89. The lowest BCUT2D eigenvalue weighted by molar-refractivity contribution is 0.579. The van der Waals surface area contributed by atoms with Crippen molar-refractivity contribution in [1.82, 2.24) is 19.7 Å². The van der Waals surface area contributed by atoms with Gasteiger partial charge in [-0.2, -0.15) is 0 Å². The summed E-state index contributed by atoms with van der Waals surface area (Å²) in [7, 11) is -3.79. The van der Waals surface area contributed by atoms with Gasteiger partial charge in [-0.15, -0.1) is 0 Å². The monoisotopic (exact) mass is 323 g/mol. The highest BCUT2D eigenvalue weighted by Gasteiger charge is 2.20. The van der Waals surface area contributed by atoms with Crippen LogP contribution in [0.2, 0.25) is 0 Å². The second kappa shape index (κ2) is 6.20. The number of pyridine rings is 1. The predicted molar refractivity (Wildman–Crippen MR) is 80.9 cm³/mol. The molecule has 0 aliphatic rings. The Balaban J connectivity index is 2.23. The highest BCUT2D eigenvalue weighted by atomic mass is 32.2. The smallest absolute Gasteiger partial charge is 0.243 e. The Kier molecular flexibility index (Phi) is 4.56. The van der Waals surface area contributed by atoms with E-state index < -0.39 is 10.0 Å². The van der Waals surface area contributed by atoms with Crippen LogP contribution < -0.4 is 10.5 Å². The molecule has 0 saturated carbocycles. The first kappa shape index (κ1) is 15.4. The molecule has 0 bridgehead atoms. The van der Waals surface area contributed by atoms with E-state index in [1.165, 1.54) is 24.5 Å². The molecule has 110 valence electrons. The molecule has 2 heterocycles. The van der Waals surface area contributed by atoms with E-state index in [0.29, 0.717) is 5.69 Å². The van der Waals surface area contributed by atoms with Crippen LogP contribution in [0.15, 0.2) is 35.6 Å². The van der Waals surface area contributed by atoms with Gasteiger partial charge in [-0.05, 0) is 19.1 Å². The maximum atomic E-state index is 12.3. The summed E-state index contributed by atoms with van der Waals surface area (Å²) in [5.74, 6) is 0. The SMILES string of the molecule is Cc1cnc(CNS(=O)(=O)c2cccnc2C(N)=S)cn1. The van der Waals surface area contributed by atoms with Gasteiger partial charge in [-0.3, -0.25) is 15.0 Å². The number of sulfonamides is 1. The molecule has 0 fully saturated rings. The van der Waals surface area contributed by atoms with E-state index in [-0.39, 0.29) is 22.1 Å². The van der Waals surface area contributed by atoms with E-state index in [1.807, 2.05) is 0 Å². The van der Waals surface area contributed by atoms with Crippen LogP contribution in [0.5, 0.6) is 0 Å². The number of aromatic nitrogens is 3. The zero-order chi connectivity index (χ0) is 15.5. The minimum atomic E-state index is -3.79. The molecule has 2 aromatic rings. The topological polar surface area (TPSA) is 111 Å². The third-order valence-electron chi connectivity index (χ3n) is 2.57. The molecule has 9 heteroatoms. The van der Waals surface area contributed by atoms with Crippen LogP contribution in [0.25, 0.3) is 0 Å². The number of rotatable bonds is 5. The van der Waals surface area contributed by atoms with Gasteiger partial charge in [-0.25, -0.2) is 13.1 Å². The average molecular weight is 323 g/mol. The van der Waals surface area contributed by atoms with Crippen molar-refractivity contribution in [1.29, 1.82) is 0 Å². The molecular formula is C12H13N5O2S2. The zero-order valence-electron chi connectivity index (χ0n) is 11.1. The van der Waals surface area contributed by atoms with Crippen molar-refractivity contribution in [3.05, 3.63) is 47.8 Å². The van der Waals surface area contributed by atoms with Gasteiger partial charge in [0.2, 0.25) is 10.0 Å². The average Bonchev–Trinajstić information content (AvgIpc) is 2.47. The van der Waals surface area contributed by atoms with Crippen molar-refractivity contribution in [2.75, 3.05) is 0 Å². The molecular weight excluding hydrogens is 310 g/mol. The van der Waals surface area contributed by atoms with Crippen LogP contribution in [-0.4, -0.2) is 28.4 Å². The standard InChI is InChI=1S/C12H13N5O2S2/c1-8-5-16-9(6-15-8)7-17-21(18,19)10-3-2-4-14-11(10)12(13)20/h2-6,17H,7H2,1H3,(H2,13,20). The van der Waals surface area contributed by atoms with E-state index >= 15 is 0 Å². The normalized spacial score (nSPS) is 11.3. The first-order valence-corrected chi connectivity index (χ1v) is 7.81. The Labute approximate surface area is 127 Å². The highest BCUT2D eigenvalue weighted by Crippen LogP contribution is 2.13. The first-order chi connectivity index (χ1) is 9.90. The second-order valence-electron chi connectivity index (χ2n) is 4.19. The molecule has 0 amide bonds. The summed E-state index contributed by atoms with van der Waals surface area (Å²) in [5, 5.41) is 0. The quantitative estimate of drug-likeness (QED) is 0.761. The summed E-state index contributed by atoms with van der Waals surface area (Å²) in [6.45, 7) is 1.81. The van der Waals surface area contributed by atoms with Crippen molar-refractivity contribution in [3.8, 4) is 0 Å². The maximum absolute atomic E-state index is 12.3. The third kappa shape index (κ3) is 3.78. The minimum absolute atomic E-state index is 0.0152. The fourth-order valence-corrected chi connectivity index (χ4v) is 2.95. The van der Waals surface area contributed by atoms with Crippen LogP contribution in [0.1, 0.15) is 17.1 Å². The first-order valence-electron chi connectivity index (χ1n) is 5.92. The van der Waals surface area contributed by atoms with E-state index in [0.717, 1.165) is 5.69 Å². The third-order valence-corrected chi connectivity index (χ3v) is 4.20. The lowest BCUT2D eigenvalue weighted by Gasteiger charge is -2.09. The van der Waals surface area contributed by atoms with Gasteiger partial charge in [0.1, 0.15) is 15.6 Å². The van der Waals surface area contributed by atoms with Crippen LogP contribution in [0.3, 0.4) is 0 Å². The fourth-order valence-electron chi connectivity index (χ4n) is 1.55. The number of nitrogens with two attached hydrogens (primary N) is 1. The van der Waals surface area contributed by atoms with Gasteiger partial charge < -0.3 is 5.73 Å². The molecule has 2 rings (SSSR count). The molecule has 0 aliphatic carbocycles. The maximum Gasteiger partial charge on any atom is 0.243 e. The number of hydrogen-bond donors (Lipinski definition) is 2. The summed E-state index contributed by atoms with van der Waals surface area (Å²) in [6.07, 6.45) is 4.50. The molecule has 21 heavy (non-hydrogen) atoms. The molecule has 3 N–H and O–H groups in total. The number of thiocarbonyl (C=S) groups is 1. The molecule has 0 unspecified atom stereocenters. The van der Waals surface area contributed by atoms with E-state index in [4.69, 9.17) is 18.0 Å². The van der Waals surface area contributed by atoms with E-state index in [2.05, 4.69) is 19.7 Å². The van der Waals surface area contributed by atoms with Gasteiger partial charge in [0, 0.05) is 12.4 Å². The van der Waals surface area contributed by atoms with E-state index in [1.54, 1.807) is 13.1 Å². The molecule has 0 radical (unpaired) electrons. The molecule has 0 aromatic carbocycles. The van der Waals surface area contributed by atoms with Crippen molar-refractivity contribution in [2.45, 2.75) is 18.4 Å². The lowest BCUT2D eigenvalue weighted by atomic mass is 10.3. The number of nitrogens with zero attached hydrogens (tertiary/aromatic N) is 3. The molecule has 0 aliphatic heterocycles. The lowest BCUT2D eigenvalue weighted by Crippen LogP contribution is -2.27. The Morgan fingerprint density at radius 2 is 2.10 bits per heavy atom. The summed E-state index contributed by atoms with van der Waals surface area (Å²) in [4.78, 5) is 11.9. The van der Waals surface area contributed by atoms with Crippen LogP contribution in [-0.2, 0) is 16.6 Å². The van der Waals surface area contributed by atoms with Crippen LogP contribution in [0, 0.1) is 6.92 Å². The molecule has 2 aromatic heterocycles. The predicted octanol–water partition coefficient (Wildman–Crippen LogP) is 0.293. The van der Waals surface area contributed by atoms with Gasteiger partial charge in [0.05, 0.1) is 24.1 Å².